The molecule has 0 unspecified atom stereocenters. The van der Waals surface area contributed by atoms with Crippen LogP contribution in [0.3, 0.4) is 0 Å². The molecule has 1 heterocycles. The van der Waals surface area contributed by atoms with Crippen molar-refractivity contribution in [2.45, 2.75) is 18.4 Å². The van der Waals surface area contributed by atoms with Crippen LogP contribution in [0, 0.1) is 18.6 Å². The van der Waals surface area contributed by atoms with E-state index in [0.29, 0.717) is 11.3 Å². The zero-order chi connectivity index (χ0) is 14.0. The second-order valence-electron chi connectivity index (χ2n) is 3.78. The Labute approximate surface area is 108 Å². The van der Waals surface area contributed by atoms with E-state index in [9.17, 15) is 17.2 Å². The fraction of sp³-hybridized carbons (Fsp3) is 0.182. The van der Waals surface area contributed by atoms with Gasteiger partial charge in [0, 0.05) is 12.1 Å². The number of rotatable bonds is 4. The predicted octanol–water partition coefficient (Wildman–Crippen LogP) is 1.74. The van der Waals surface area contributed by atoms with E-state index in [1.807, 2.05) is 0 Å². The van der Waals surface area contributed by atoms with Gasteiger partial charge in [-0.1, -0.05) is 11.2 Å². The Kier molecular flexibility index (Phi) is 3.63. The van der Waals surface area contributed by atoms with Crippen LogP contribution in [0.4, 0.5) is 8.78 Å². The second-order valence-corrected chi connectivity index (χ2v) is 5.49. The Morgan fingerprint density at radius 3 is 2.47 bits per heavy atom. The average Bonchev–Trinajstić information content (AvgIpc) is 2.72. The van der Waals surface area contributed by atoms with Gasteiger partial charge in [0.05, 0.1) is 6.20 Å². The fourth-order valence-corrected chi connectivity index (χ4v) is 2.61. The summed E-state index contributed by atoms with van der Waals surface area (Å²) in [6.45, 7) is 1.44. The van der Waals surface area contributed by atoms with Crippen LogP contribution in [0.15, 0.2) is 33.8 Å². The Hall–Kier alpha value is -1.80. The smallest absolute Gasteiger partial charge is 0.246 e. The highest BCUT2D eigenvalue weighted by atomic mass is 32.2. The van der Waals surface area contributed by atoms with Crippen LogP contribution in [-0.4, -0.2) is 13.6 Å². The lowest BCUT2D eigenvalue weighted by molar-refractivity contribution is 0.396. The topological polar surface area (TPSA) is 72.2 Å². The molecule has 2 rings (SSSR count). The van der Waals surface area contributed by atoms with E-state index in [-0.39, 0.29) is 6.54 Å². The number of aromatic nitrogens is 1. The van der Waals surface area contributed by atoms with Crippen LogP contribution in [-0.2, 0) is 16.6 Å². The minimum Gasteiger partial charge on any atom is -0.361 e. The van der Waals surface area contributed by atoms with E-state index >= 15 is 0 Å². The highest BCUT2D eigenvalue weighted by Gasteiger charge is 2.23. The number of sulfonamides is 1. The average molecular weight is 288 g/mol. The molecule has 0 amide bonds. The summed E-state index contributed by atoms with van der Waals surface area (Å²) in [7, 11) is -4.28. The zero-order valence-electron chi connectivity index (χ0n) is 9.85. The molecule has 0 atom stereocenters. The van der Waals surface area contributed by atoms with Gasteiger partial charge in [-0.25, -0.2) is 21.9 Å². The molecule has 0 saturated carbocycles. The highest BCUT2D eigenvalue weighted by Crippen LogP contribution is 2.18. The quantitative estimate of drug-likeness (QED) is 0.930. The molecule has 0 aliphatic rings. The molecule has 0 saturated heterocycles. The first-order valence-corrected chi connectivity index (χ1v) is 6.74. The molecule has 1 aromatic carbocycles. The summed E-state index contributed by atoms with van der Waals surface area (Å²) in [4.78, 5) is -0.996. The summed E-state index contributed by atoms with van der Waals surface area (Å²) in [5.74, 6) is -1.86. The first-order chi connectivity index (χ1) is 8.92. The van der Waals surface area contributed by atoms with Gasteiger partial charge < -0.3 is 4.52 Å². The van der Waals surface area contributed by atoms with E-state index in [4.69, 9.17) is 4.52 Å². The number of aryl methyl sites for hydroxylation is 1. The number of halogens is 2. The van der Waals surface area contributed by atoms with Crippen molar-refractivity contribution in [2.24, 2.45) is 0 Å². The maximum absolute atomic E-state index is 13.4. The molecule has 0 fully saturated rings. The van der Waals surface area contributed by atoms with Gasteiger partial charge in [0.15, 0.2) is 4.90 Å². The van der Waals surface area contributed by atoms with Gasteiger partial charge in [-0.15, -0.1) is 0 Å². The van der Waals surface area contributed by atoms with Crippen LogP contribution in [0.2, 0.25) is 0 Å². The standard InChI is InChI=1S/C11H10F2N2O3S/c1-7-8(5-14-18-7)6-15-19(16,17)11-9(12)3-2-4-10(11)13/h2-5,15H,6H2,1H3. The van der Waals surface area contributed by atoms with Crippen molar-refractivity contribution in [1.29, 1.82) is 0 Å². The van der Waals surface area contributed by atoms with Crippen molar-refractivity contribution < 1.29 is 21.7 Å². The molecule has 8 heteroatoms. The van der Waals surface area contributed by atoms with Crippen LogP contribution in [0.1, 0.15) is 11.3 Å². The summed E-state index contributed by atoms with van der Waals surface area (Å²) < 4.78 is 57.3. The minimum absolute atomic E-state index is 0.161. The summed E-state index contributed by atoms with van der Waals surface area (Å²) in [6.07, 6.45) is 1.33. The summed E-state index contributed by atoms with van der Waals surface area (Å²) in [5, 5.41) is 3.47. The van der Waals surface area contributed by atoms with Gasteiger partial charge >= 0.3 is 0 Å². The Balaban J connectivity index is 2.26. The molecule has 1 aromatic heterocycles. The summed E-state index contributed by atoms with van der Waals surface area (Å²) in [6, 6.07) is 2.85. The first-order valence-electron chi connectivity index (χ1n) is 5.25. The summed E-state index contributed by atoms with van der Waals surface area (Å²) >= 11 is 0. The van der Waals surface area contributed by atoms with Gasteiger partial charge in [0.2, 0.25) is 10.0 Å². The van der Waals surface area contributed by atoms with Crippen LogP contribution >= 0.6 is 0 Å². The maximum Gasteiger partial charge on any atom is 0.246 e. The molecule has 0 radical (unpaired) electrons. The van der Waals surface area contributed by atoms with E-state index in [1.54, 1.807) is 6.92 Å². The van der Waals surface area contributed by atoms with E-state index in [1.165, 1.54) is 6.20 Å². The van der Waals surface area contributed by atoms with Gasteiger partial charge in [-0.3, -0.25) is 0 Å². The number of nitrogens with zero attached hydrogens (tertiary/aromatic N) is 1. The van der Waals surface area contributed by atoms with E-state index in [0.717, 1.165) is 18.2 Å². The van der Waals surface area contributed by atoms with Crippen LogP contribution < -0.4 is 4.72 Å². The molecule has 1 N–H and O–H groups in total. The van der Waals surface area contributed by atoms with Gasteiger partial charge in [0.1, 0.15) is 17.4 Å². The lowest BCUT2D eigenvalue weighted by Gasteiger charge is -2.07. The molecule has 0 bridgehead atoms. The third-order valence-corrected chi connectivity index (χ3v) is 3.94. The molecular weight excluding hydrogens is 278 g/mol. The van der Waals surface area contributed by atoms with Gasteiger partial charge in [0.25, 0.3) is 0 Å². The Morgan fingerprint density at radius 1 is 1.32 bits per heavy atom. The van der Waals surface area contributed by atoms with Crippen molar-refractivity contribution >= 4 is 10.0 Å². The largest absolute Gasteiger partial charge is 0.361 e. The van der Waals surface area contributed by atoms with Crippen molar-refractivity contribution in [3.05, 3.63) is 47.4 Å². The lowest BCUT2D eigenvalue weighted by Crippen LogP contribution is -2.25. The highest BCUT2D eigenvalue weighted by molar-refractivity contribution is 7.89. The SMILES string of the molecule is Cc1oncc1CNS(=O)(=O)c1c(F)cccc1F. The number of nitrogens with one attached hydrogen (secondary N) is 1. The monoisotopic (exact) mass is 288 g/mol. The molecule has 0 spiro atoms. The minimum atomic E-state index is -4.28. The normalized spacial score (nSPS) is 11.7. The molecular formula is C11H10F2N2O3S. The first kappa shape index (κ1) is 13.6. The van der Waals surface area contributed by atoms with Crippen molar-refractivity contribution in [2.75, 3.05) is 0 Å². The van der Waals surface area contributed by atoms with Crippen LogP contribution in [0.5, 0.6) is 0 Å². The summed E-state index contributed by atoms with van der Waals surface area (Å²) in [5.41, 5.74) is 0.486. The van der Waals surface area contributed by atoms with E-state index < -0.39 is 26.6 Å². The zero-order valence-corrected chi connectivity index (χ0v) is 10.7. The Morgan fingerprint density at radius 2 is 1.95 bits per heavy atom. The van der Waals surface area contributed by atoms with Gasteiger partial charge in [-0.2, -0.15) is 0 Å². The van der Waals surface area contributed by atoms with E-state index in [2.05, 4.69) is 9.88 Å². The third kappa shape index (κ3) is 2.79. The second kappa shape index (κ2) is 5.06. The molecule has 102 valence electrons. The molecule has 0 aliphatic carbocycles. The number of benzene rings is 1. The predicted molar refractivity (Wildman–Crippen MR) is 61.6 cm³/mol. The molecule has 5 nitrogen and oxygen atoms in total. The Bertz CT molecular complexity index is 677. The lowest BCUT2D eigenvalue weighted by atomic mass is 10.3. The third-order valence-electron chi connectivity index (χ3n) is 2.49. The molecule has 2 aromatic rings. The van der Waals surface area contributed by atoms with Crippen LogP contribution in [0.25, 0.3) is 0 Å². The molecule has 0 aliphatic heterocycles. The fourth-order valence-electron chi connectivity index (χ4n) is 1.47. The van der Waals surface area contributed by atoms with Crippen molar-refractivity contribution in [3.8, 4) is 0 Å². The number of hydrogen-bond donors (Lipinski definition) is 1. The van der Waals surface area contributed by atoms with Crippen molar-refractivity contribution in [1.82, 2.24) is 9.88 Å². The molecule has 19 heavy (non-hydrogen) atoms. The van der Waals surface area contributed by atoms with Gasteiger partial charge in [-0.05, 0) is 19.1 Å². The number of hydrogen-bond acceptors (Lipinski definition) is 4. The van der Waals surface area contributed by atoms with Crippen molar-refractivity contribution in [3.63, 3.8) is 0 Å². The maximum atomic E-state index is 13.4.